The van der Waals surface area contributed by atoms with Crippen molar-refractivity contribution in [3.05, 3.63) is 22.4 Å². The first-order valence-corrected chi connectivity index (χ1v) is 3.51. The molecule has 0 aromatic heterocycles. The fourth-order valence-corrected chi connectivity index (χ4v) is 0.535. The van der Waals surface area contributed by atoms with E-state index >= 15 is 0 Å². The van der Waals surface area contributed by atoms with Crippen molar-refractivity contribution in [3.63, 3.8) is 0 Å². The second-order valence-corrected chi connectivity index (χ2v) is 2.71. The van der Waals surface area contributed by atoms with Crippen molar-refractivity contribution < 1.29 is 4.74 Å². The van der Waals surface area contributed by atoms with Gasteiger partial charge in [0, 0.05) is 5.03 Å². The molecule has 2 heteroatoms. The van der Waals surface area contributed by atoms with Crippen LogP contribution in [0.15, 0.2) is 22.4 Å². The Hall–Kier alpha value is -0.430. The lowest BCUT2D eigenvalue weighted by molar-refractivity contribution is 0.293. The summed E-state index contributed by atoms with van der Waals surface area (Å²) in [6.45, 7) is 5.79. The monoisotopic (exact) mass is 160 g/mol. The highest BCUT2D eigenvalue weighted by atomic mass is 35.5. The molecule has 0 aliphatic rings. The lowest BCUT2D eigenvalue weighted by Gasteiger charge is -1.98. The van der Waals surface area contributed by atoms with E-state index in [2.05, 4.69) is 0 Å². The maximum absolute atomic E-state index is 5.81. The van der Waals surface area contributed by atoms with Crippen molar-refractivity contribution in [1.29, 1.82) is 0 Å². The smallest absolute Gasteiger partial charge is 0.0939 e. The number of halogens is 1. The Morgan fingerprint density at radius 2 is 1.80 bits per heavy atom. The molecule has 0 N–H and O–H groups in total. The predicted molar refractivity (Wildman–Crippen MR) is 45.0 cm³/mol. The van der Waals surface area contributed by atoms with Gasteiger partial charge in [-0.3, -0.25) is 0 Å². The van der Waals surface area contributed by atoms with E-state index in [4.69, 9.17) is 16.3 Å². The molecular weight excluding hydrogens is 148 g/mol. The summed E-state index contributed by atoms with van der Waals surface area (Å²) >= 11 is 5.81. The van der Waals surface area contributed by atoms with E-state index in [-0.39, 0.29) is 0 Å². The molecule has 0 saturated heterocycles. The molecule has 0 heterocycles. The molecule has 0 aromatic rings. The number of hydrogen-bond acceptors (Lipinski definition) is 1. The van der Waals surface area contributed by atoms with E-state index < -0.39 is 0 Å². The fraction of sp³-hybridized carbons (Fsp3) is 0.500. The van der Waals surface area contributed by atoms with Gasteiger partial charge in [-0.05, 0) is 26.8 Å². The number of methoxy groups -OCH3 is 1. The summed E-state index contributed by atoms with van der Waals surface area (Å²) in [5, 5.41) is 0.749. The highest BCUT2D eigenvalue weighted by molar-refractivity contribution is 6.31. The number of ether oxygens (including phenoxy) is 1. The summed E-state index contributed by atoms with van der Waals surface area (Å²) in [6, 6.07) is 0. The molecule has 0 saturated carbocycles. The third kappa shape index (κ3) is 3.57. The predicted octanol–water partition coefficient (Wildman–Crippen LogP) is 3.07. The zero-order valence-corrected chi connectivity index (χ0v) is 7.62. The summed E-state index contributed by atoms with van der Waals surface area (Å²) in [6.07, 6.45) is 1.80. The Morgan fingerprint density at radius 1 is 1.30 bits per heavy atom. The quantitative estimate of drug-likeness (QED) is 0.446. The molecule has 0 aromatic carbocycles. The molecule has 0 fully saturated rings. The van der Waals surface area contributed by atoms with Gasteiger partial charge in [-0.2, -0.15) is 0 Å². The second kappa shape index (κ2) is 4.40. The van der Waals surface area contributed by atoms with Gasteiger partial charge in [0.2, 0.25) is 0 Å². The molecule has 0 aliphatic carbocycles. The number of allylic oxidation sites excluding steroid dienone is 4. The van der Waals surface area contributed by atoms with Crippen molar-refractivity contribution in [2.24, 2.45) is 0 Å². The van der Waals surface area contributed by atoms with Gasteiger partial charge in [0.25, 0.3) is 0 Å². The van der Waals surface area contributed by atoms with E-state index in [1.807, 2.05) is 20.8 Å². The van der Waals surface area contributed by atoms with Gasteiger partial charge in [-0.15, -0.1) is 0 Å². The van der Waals surface area contributed by atoms with Crippen LogP contribution in [0.2, 0.25) is 0 Å². The lowest BCUT2D eigenvalue weighted by atomic mass is 10.3. The van der Waals surface area contributed by atoms with Gasteiger partial charge in [-0.1, -0.05) is 17.2 Å². The van der Waals surface area contributed by atoms with Crippen LogP contribution in [0, 0.1) is 0 Å². The molecule has 0 atom stereocenters. The van der Waals surface area contributed by atoms with Crippen LogP contribution in [0.3, 0.4) is 0 Å². The van der Waals surface area contributed by atoms with Crippen molar-refractivity contribution in [3.8, 4) is 0 Å². The third-order valence-corrected chi connectivity index (χ3v) is 1.62. The summed E-state index contributed by atoms with van der Waals surface area (Å²) in [4.78, 5) is 0. The fourth-order valence-electron chi connectivity index (χ4n) is 0.382. The standard InChI is InChI=1S/C8H13ClO/c1-6(2)8(9)5-7(3)10-4/h5H,1-4H3/b7-5+. The lowest BCUT2D eigenvalue weighted by Crippen LogP contribution is -1.79. The van der Waals surface area contributed by atoms with Crippen molar-refractivity contribution in [2.75, 3.05) is 7.11 Å². The molecule has 0 bridgehead atoms. The van der Waals surface area contributed by atoms with E-state index in [0.29, 0.717) is 0 Å². The van der Waals surface area contributed by atoms with Crippen LogP contribution in [0.25, 0.3) is 0 Å². The third-order valence-electron chi connectivity index (χ3n) is 1.13. The van der Waals surface area contributed by atoms with Crippen molar-refractivity contribution in [2.45, 2.75) is 20.8 Å². The second-order valence-electron chi connectivity index (χ2n) is 2.31. The first-order valence-electron chi connectivity index (χ1n) is 3.13. The van der Waals surface area contributed by atoms with Gasteiger partial charge in [0.1, 0.15) is 0 Å². The molecule has 0 rings (SSSR count). The highest BCUT2D eigenvalue weighted by Crippen LogP contribution is 2.12. The van der Waals surface area contributed by atoms with Crippen LogP contribution in [0.5, 0.6) is 0 Å². The first kappa shape index (κ1) is 9.57. The van der Waals surface area contributed by atoms with Gasteiger partial charge >= 0.3 is 0 Å². The molecule has 10 heavy (non-hydrogen) atoms. The number of hydrogen-bond donors (Lipinski definition) is 0. The molecule has 0 radical (unpaired) electrons. The van der Waals surface area contributed by atoms with Gasteiger partial charge in [0.05, 0.1) is 12.9 Å². The summed E-state index contributed by atoms with van der Waals surface area (Å²) in [5.74, 6) is 0.825. The summed E-state index contributed by atoms with van der Waals surface area (Å²) < 4.78 is 4.91. The van der Waals surface area contributed by atoms with Crippen molar-refractivity contribution in [1.82, 2.24) is 0 Å². The minimum atomic E-state index is 0.749. The topological polar surface area (TPSA) is 9.23 Å². The average molecular weight is 161 g/mol. The van der Waals surface area contributed by atoms with Crippen LogP contribution < -0.4 is 0 Å². The summed E-state index contributed by atoms with van der Waals surface area (Å²) in [5.41, 5.74) is 1.10. The van der Waals surface area contributed by atoms with E-state index in [1.54, 1.807) is 13.2 Å². The molecule has 58 valence electrons. The maximum atomic E-state index is 5.81. The molecule has 0 aliphatic heterocycles. The zero-order valence-electron chi connectivity index (χ0n) is 6.86. The SMILES string of the molecule is CO/C(C)=C/C(Cl)=C(C)C. The minimum absolute atomic E-state index is 0.749. The molecule has 0 unspecified atom stereocenters. The average Bonchev–Trinajstić information content (AvgIpc) is 1.87. The molecule has 0 spiro atoms. The Morgan fingerprint density at radius 3 is 2.10 bits per heavy atom. The maximum Gasteiger partial charge on any atom is 0.0939 e. The van der Waals surface area contributed by atoms with Crippen molar-refractivity contribution >= 4 is 11.6 Å². The van der Waals surface area contributed by atoms with E-state index in [1.165, 1.54) is 0 Å². The minimum Gasteiger partial charge on any atom is -0.501 e. The van der Waals surface area contributed by atoms with Crippen LogP contribution in [0.4, 0.5) is 0 Å². The first-order chi connectivity index (χ1) is 4.57. The molecule has 0 amide bonds. The number of rotatable bonds is 2. The van der Waals surface area contributed by atoms with Crippen LogP contribution in [-0.4, -0.2) is 7.11 Å². The Labute approximate surface area is 67.3 Å². The summed E-state index contributed by atoms with van der Waals surface area (Å²) in [7, 11) is 1.63. The Balaban J connectivity index is 4.27. The molecule has 1 nitrogen and oxygen atoms in total. The van der Waals surface area contributed by atoms with Gasteiger partial charge in [0.15, 0.2) is 0 Å². The highest BCUT2D eigenvalue weighted by Gasteiger charge is 1.90. The van der Waals surface area contributed by atoms with Gasteiger partial charge in [-0.25, -0.2) is 0 Å². The van der Waals surface area contributed by atoms with E-state index in [0.717, 1.165) is 16.4 Å². The van der Waals surface area contributed by atoms with Crippen LogP contribution >= 0.6 is 11.6 Å². The van der Waals surface area contributed by atoms with Crippen LogP contribution in [0.1, 0.15) is 20.8 Å². The molecular formula is C8H13ClO. The van der Waals surface area contributed by atoms with E-state index in [9.17, 15) is 0 Å². The largest absolute Gasteiger partial charge is 0.501 e. The Kier molecular flexibility index (Phi) is 4.21. The zero-order chi connectivity index (χ0) is 8.15. The van der Waals surface area contributed by atoms with Crippen LogP contribution in [-0.2, 0) is 4.74 Å². The Bertz CT molecular complexity index is 164. The normalized spacial score (nSPS) is 11.1. The van der Waals surface area contributed by atoms with Gasteiger partial charge < -0.3 is 4.74 Å².